The highest BCUT2D eigenvalue weighted by Gasteiger charge is 2.07. The Bertz CT molecular complexity index is 675. The fourth-order valence-electron chi connectivity index (χ4n) is 2.24. The summed E-state index contributed by atoms with van der Waals surface area (Å²) in [5, 5.41) is 3.27. The average Bonchev–Trinajstić information content (AvgIpc) is 2.64. The molecule has 1 aromatic heterocycles. The molecule has 2 rings (SSSR count). The maximum absolute atomic E-state index is 11.6. The van der Waals surface area contributed by atoms with E-state index in [-0.39, 0.29) is 5.91 Å². The van der Waals surface area contributed by atoms with Gasteiger partial charge in [0.15, 0.2) is 11.5 Å². The van der Waals surface area contributed by atoms with E-state index in [4.69, 9.17) is 9.47 Å². The van der Waals surface area contributed by atoms with Gasteiger partial charge in [0.2, 0.25) is 5.91 Å². The van der Waals surface area contributed by atoms with Gasteiger partial charge in [-0.15, -0.1) is 0 Å². The second-order valence-electron chi connectivity index (χ2n) is 5.85. The molecule has 0 aliphatic rings. The highest BCUT2D eigenvalue weighted by atomic mass is 16.5. The van der Waals surface area contributed by atoms with Gasteiger partial charge in [0.25, 0.3) is 0 Å². The Balaban J connectivity index is 1.91. The minimum absolute atomic E-state index is 0.114. The van der Waals surface area contributed by atoms with E-state index in [1.54, 1.807) is 38.5 Å². The van der Waals surface area contributed by atoms with E-state index in [9.17, 15) is 4.79 Å². The fourth-order valence-corrected chi connectivity index (χ4v) is 2.24. The van der Waals surface area contributed by atoms with Crippen LogP contribution in [-0.4, -0.2) is 43.5 Å². The number of hydrogen-bond acceptors (Lipinski definition) is 5. The molecule has 134 valence electrons. The minimum Gasteiger partial charge on any atom is -0.493 e. The Morgan fingerprint density at radius 2 is 2.04 bits per heavy atom. The SMILES string of the molecule is COc1ccc(CNCCC(=O)N(C)C)cc1OCc1cccnc1. The van der Waals surface area contributed by atoms with Gasteiger partial charge in [-0.2, -0.15) is 0 Å². The summed E-state index contributed by atoms with van der Waals surface area (Å²) in [6.45, 7) is 1.72. The fraction of sp³-hybridized carbons (Fsp3) is 0.368. The van der Waals surface area contributed by atoms with Crippen molar-refractivity contribution in [1.29, 1.82) is 0 Å². The van der Waals surface area contributed by atoms with Gasteiger partial charge in [0.05, 0.1) is 7.11 Å². The first-order chi connectivity index (χ1) is 12.1. The van der Waals surface area contributed by atoms with Crippen LogP contribution in [-0.2, 0) is 17.9 Å². The molecule has 0 aliphatic carbocycles. The Morgan fingerprint density at radius 1 is 1.20 bits per heavy atom. The van der Waals surface area contributed by atoms with Crippen molar-refractivity contribution in [2.75, 3.05) is 27.7 Å². The lowest BCUT2D eigenvalue weighted by atomic mass is 10.2. The van der Waals surface area contributed by atoms with E-state index >= 15 is 0 Å². The zero-order valence-electron chi connectivity index (χ0n) is 15.0. The number of hydrogen-bond donors (Lipinski definition) is 1. The van der Waals surface area contributed by atoms with Crippen LogP contribution in [0.25, 0.3) is 0 Å². The van der Waals surface area contributed by atoms with Crippen molar-refractivity contribution < 1.29 is 14.3 Å². The third kappa shape index (κ3) is 6.08. The van der Waals surface area contributed by atoms with Crippen molar-refractivity contribution in [1.82, 2.24) is 15.2 Å². The van der Waals surface area contributed by atoms with E-state index in [0.29, 0.717) is 37.6 Å². The highest BCUT2D eigenvalue weighted by molar-refractivity contribution is 5.75. The summed E-state index contributed by atoms with van der Waals surface area (Å²) in [5.41, 5.74) is 2.06. The molecule has 1 N–H and O–H groups in total. The molecule has 0 radical (unpaired) electrons. The maximum atomic E-state index is 11.6. The molecule has 1 aromatic carbocycles. The number of carbonyl (C=O) groups excluding carboxylic acids is 1. The largest absolute Gasteiger partial charge is 0.493 e. The molecule has 0 fully saturated rings. The lowest BCUT2D eigenvalue weighted by Gasteiger charge is -2.13. The van der Waals surface area contributed by atoms with Gasteiger partial charge in [-0.1, -0.05) is 12.1 Å². The van der Waals surface area contributed by atoms with E-state index in [0.717, 1.165) is 11.1 Å². The van der Waals surface area contributed by atoms with Crippen molar-refractivity contribution in [2.24, 2.45) is 0 Å². The summed E-state index contributed by atoms with van der Waals surface area (Å²) in [4.78, 5) is 17.2. The Kier molecular flexibility index (Phi) is 7.22. The number of pyridine rings is 1. The molecule has 25 heavy (non-hydrogen) atoms. The molecule has 0 bridgehead atoms. The zero-order chi connectivity index (χ0) is 18.1. The van der Waals surface area contributed by atoms with E-state index in [1.807, 2.05) is 30.3 Å². The number of aromatic nitrogens is 1. The van der Waals surface area contributed by atoms with Crippen molar-refractivity contribution in [3.05, 3.63) is 53.9 Å². The van der Waals surface area contributed by atoms with Crippen LogP contribution in [0.5, 0.6) is 11.5 Å². The first-order valence-electron chi connectivity index (χ1n) is 8.19. The molecule has 0 atom stereocenters. The first kappa shape index (κ1) is 18.7. The topological polar surface area (TPSA) is 63.7 Å². The lowest BCUT2D eigenvalue weighted by Crippen LogP contribution is -2.26. The predicted octanol–water partition coefficient (Wildman–Crippen LogP) is 2.24. The van der Waals surface area contributed by atoms with Crippen LogP contribution >= 0.6 is 0 Å². The van der Waals surface area contributed by atoms with E-state index in [2.05, 4.69) is 10.3 Å². The number of methoxy groups -OCH3 is 1. The normalized spacial score (nSPS) is 10.4. The quantitative estimate of drug-likeness (QED) is 0.708. The summed E-state index contributed by atoms with van der Waals surface area (Å²) >= 11 is 0. The number of carbonyl (C=O) groups is 1. The second-order valence-corrected chi connectivity index (χ2v) is 5.85. The number of rotatable bonds is 9. The third-order valence-corrected chi connectivity index (χ3v) is 3.69. The van der Waals surface area contributed by atoms with Crippen LogP contribution in [0, 0.1) is 0 Å². The number of amides is 1. The minimum atomic E-state index is 0.114. The van der Waals surface area contributed by atoms with Crippen LogP contribution in [0.2, 0.25) is 0 Å². The molecule has 0 spiro atoms. The number of nitrogens with one attached hydrogen (secondary N) is 1. The van der Waals surface area contributed by atoms with Gasteiger partial charge in [-0.25, -0.2) is 0 Å². The Hall–Kier alpha value is -2.60. The Morgan fingerprint density at radius 3 is 2.72 bits per heavy atom. The average molecular weight is 343 g/mol. The molecule has 6 heteroatoms. The smallest absolute Gasteiger partial charge is 0.223 e. The van der Waals surface area contributed by atoms with Crippen molar-refractivity contribution in [3.63, 3.8) is 0 Å². The van der Waals surface area contributed by atoms with Crippen LogP contribution in [0.15, 0.2) is 42.7 Å². The molecule has 0 saturated heterocycles. The predicted molar refractivity (Wildman–Crippen MR) is 96.6 cm³/mol. The lowest BCUT2D eigenvalue weighted by molar-refractivity contribution is -0.128. The summed E-state index contributed by atoms with van der Waals surface area (Å²) in [6, 6.07) is 9.67. The highest BCUT2D eigenvalue weighted by Crippen LogP contribution is 2.28. The maximum Gasteiger partial charge on any atom is 0.223 e. The Labute approximate surface area is 148 Å². The second kappa shape index (κ2) is 9.64. The molecular formula is C19H25N3O3. The van der Waals surface area contributed by atoms with Gasteiger partial charge in [0, 0.05) is 51.6 Å². The first-order valence-corrected chi connectivity index (χ1v) is 8.19. The molecule has 1 amide bonds. The van der Waals surface area contributed by atoms with Gasteiger partial charge in [0.1, 0.15) is 6.61 Å². The van der Waals surface area contributed by atoms with Crippen LogP contribution in [0.4, 0.5) is 0 Å². The molecule has 0 unspecified atom stereocenters. The molecule has 2 aromatic rings. The summed E-state index contributed by atoms with van der Waals surface area (Å²) in [5.74, 6) is 1.49. The standard InChI is InChI=1S/C19H25N3O3/c1-22(2)19(23)8-10-21-12-15-6-7-17(24-3)18(11-15)25-14-16-5-4-9-20-13-16/h4-7,9,11,13,21H,8,10,12,14H2,1-3H3. The molecule has 0 saturated carbocycles. The van der Waals surface area contributed by atoms with E-state index < -0.39 is 0 Å². The summed E-state index contributed by atoms with van der Waals surface area (Å²) in [7, 11) is 5.15. The summed E-state index contributed by atoms with van der Waals surface area (Å²) in [6.07, 6.45) is 3.99. The molecular weight excluding hydrogens is 318 g/mol. The molecule has 1 heterocycles. The molecule has 0 aliphatic heterocycles. The van der Waals surface area contributed by atoms with E-state index in [1.165, 1.54) is 0 Å². The number of benzene rings is 1. The number of ether oxygens (including phenoxy) is 2. The monoisotopic (exact) mass is 343 g/mol. The van der Waals surface area contributed by atoms with Gasteiger partial charge < -0.3 is 19.7 Å². The van der Waals surface area contributed by atoms with Crippen molar-refractivity contribution in [3.8, 4) is 11.5 Å². The van der Waals surface area contributed by atoms with Gasteiger partial charge >= 0.3 is 0 Å². The zero-order valence-corrected chi connectivity index (χ0v) is 15.0. The summed E-state index contributed by atoms with van der Waals surface area (Å²) < 4.78 is 11.2. The van der Waals surface area contributed by atoms with Gasteiger partial charge in [-0.05, 0) is 23.8 Å². The van der Waals surface area contributed by atoms with Crippen LogP contribution in [0.3, 0.4) is 0 Å². The molecule has 6 nitrogen and oxygen atoms in total. The van der Waals surface area contributed by atoms with Crippen LogP contribution < -0.4 is 14.8 Å². The number of nitrogens with zero attached hydrogens (tertiary/aromatic N) is 2. The third-order valence-electron chi connectivity index (χ3n) is 3.69. The van der Waals surface area contributed by atoms with Crippen molar-refractivity contribution in [2.45, 2.75) is 19.6 Å². The van der Waals surface area contributed by atoms with Crippen LogP contribution in [0.1, 0.15) is 17.5 Å². The van der Waals surface area contributed by atoms with Gasteiger partial charge in [-0.3, -0.25) is 9.78 Å². The van der Waals surface area contributed by atoms with Crippen molar-refractivity contribution >= 4 is 5.91 Å².